The van der Waals surface area contributed by atoms with E-state index in [-0.39, 0.29) is 11.1 Å². The summed E-state index contributed by atoms with van der Waals surface area (Å²) in [5, 5.41) is 55.0. The van der Waals surface area contributed by atoms with Crippen molar-refractivity contribution in [2.75, 3.05) is 7.11 Å². The SMILES string of the molecule is COC(=O)c1cc(O)c(O)c(O)c1.O=C(c1ccccc1)c1ccc(O)c(O)c1O. The first-order chi connectivity index (χ1) is 14.2. The number of ketones is 1. The first-order valence-corrected chi connectivity index (χ1v) is 8.34. The summed E-state index contributed by atoms with van der Waals surface area (Å²) in [7, 11) is 1.17. The molecule has 6 N–H and O–H groups in total. The summed E-state index contributed by atoms with van der Waals surface area (Å²) in [6.07, 6.45) is 0. The van der Waals surface area contributed by atoms with Crippen LogP contribution in [0.4, 0.5) is 0 Å². The van der Waals surface area contributed by atoms with E-state index in [2.05, 4.69) is 4.74 Å². The molecule has 0 radical (unpaired) electrons. The van der Waals surface area contributed by atoms with Crippen LogP contribution >= 0.6 is 0 Å². The first kappa shape index (κ1) is 21.9. The minimum atomic E-state index is -0.703. The maximum absolute atomic E-state index is 12.0. The number of benzene rings is 3. The minimum absolute atomic E-state index is 0.0321. The number of methoxy groups -OCH3 is 1. The Morgan fingerprint density at radius 1 is 0.667 bits per heavy atom. The second-order valence-corrected chi connectivity index (χ2v) is 5.88. The van der Waals surface area contributed by atoms with Gasteiger partial charge >= 0.3 is 5.97 Å². The lowest BCUT2D eigenvalue weighted by Gasteiger charge is -2.06. The Bertz CT molecular complexity index is 1050. The highest BCUT2D eigenvalue weighted by Crippen LogP contribution is 2.38. The molecule has 0 saturated heterocycles. The molecule has 0 amide bonds. The number of carbonyl (C=O) groups excluding carboxylic acids is 2. The van der Waals surface area contributed by atoms with E-state index < -0.39 is 46.2 Å². The van der Waals surface area contributed by atoms with Gasteiger partial charge in [0.2, 0.25) is 5.75 Å². The molecule has 156 valence electrons. The third kappa shape index (κ3) is 4.71. The molecule has 0 aromatic heterocycles. The number of phenols is 6. The summed E-state index contributed by atoms with van der Waals surface area (Å²) in [6.45, 7) is 0. The van der Waals surface area contributed by atoms with Gasteiger partial charge in [-0.25, -0.2) is 4.79 Å². The third-order valence-corrected chi connectivity index (χ3v) is 3.90. The van der Waals surface area contributed by atoms with Crippen LogP contribution in [-0.4, -0.2) is 49.5 Å². The molecular weight excluding hydrogens is 396 g/mol. The van der Waals surface area contributed by atoms with Crippen molar-refractivity contribution in [1.29, 1.82) is 0 Å². The Hall–Kier alpha value is -4.40. The summed E-state index contributed by atoms with van der Waals surface area (Å²) in [5.74, 6) is -4.69. The van der Waals surface area contributed by atoms with Crippen molar-refractivity contribution in [2.24, 2.45) is 0 Å². The van der Waals surface area contributed by atoms with Crippen LogP contribution in [0.15, 0.2) is 54.6 Å². The van der Waals surface area contributed by atoms with Gasteiger partial charge in [-0.3, -0.25) is 4.79 Å². The molecule has 3 aromatic rings. The largest absolute Gasteiger partial charge is 0.504 e. The zero-order valence-electron chi connectivity index (χ0n) is 15.6. The highest BCUT2D eigenvalue weighted by Gasteiger charge is 2.18. The summed E-state index contributed by atoms with van der Waals surface area (Å²) < 4.78 is 4.34. The Morgan fingerprint density at radius 2 is 1.23 bits per heavy atom. The molecule has 0 heterocycles. The molecule has 0 spiro atoms. The van der Waals surface area contributed by atoms with Gasteiger partial charge in [0.15, 0.2) is 34.5 Å². The van der Waals surface area contributed by atoms with Crippen LogP contribution in [0.3, 0.4) is 0 Å². The molecule has 9 heteroatoms. The van der Waals surface area contributed by atoms with E-state index in [9.17, 15) is 19.8 Å². The van der Waals surface area contributed by atoms with E-state index in [0.29, 0.717) is 5.56 Å². The number of hydrogen-bond donors (Lipinski definition) is 6. The molecule has 9 nitrogen and oxygen atoms in total. The van der Waals surface area contributed by atoms with Crippen LogP contribution in [-0.2, 0) is 4.74 Å². The maximum Gasteiger partial charge on any atom is 0.338 e. The van der Waals surface area contributed by atoms with Crippen molar-refractivity contribution in [3.05, 3.63) is 71.3 Å². The van der Waals surface area contributed by atoms with E-state index in [1.807, 2.05) is 0 Å². The Kier molecular flexibility index (Phi) is 6.71. The zero-order valence-corrected chi connectivity index (χ0v) is 15.6. The van der Waals surface area contributed by atoms with Gasteiger partial charge in [0.1, 0.15) is 0 Å². The molecule has 30 heavy (non-hydrogen) atoms. The van der Waals surface area contributed by atoms with Gasteiger partial charge in [-0.2, -0.15) is 0 Å². The maximum atomic E-state index is 12.0. The zero-order chi connectivity index (χ0) is 22.4. The predicted octanol–water partition coefficient (Wildman–Crippen LogP) is 2.62. The van der Waals surface area contributed by atoms with Crippen LogP contribution in [0, 0.1) is 0 Å². The van der Waals surface area contributed by atoms with Gasteiger partial charge in [0.05, 0.1) is 18.2 Å². The van der Waals surface area contributed by atoms with Gasteiger partial charge in [-0.15, -0.1) is 0 Å². The number of rotatable bonds is 3. The molecule has 3 rings (SSSR count). The molecule has 0 fully saturated rings. The Morgan fingerprint density at radius 3 is 1.77 bits per heavy atom. The number of hydrogen-bond acceptors (Lipinski definition) is 9. The van der Waals surface area contributed by atoms with Crippen LogP contribution in [0.25, 0.3) is 0 Å². The summed E-state index contributed by atoms with van der Waals surface area (Å²) in [4.78, 5) is 22.9. The van der Waals surface area contributed by atoms with Gasteiger partial charge in [0.25, 0.3) is 0 Å². The fourth-order valence-electron chi connectivity index (χ4n) is 2.34. The highest BCUT2D eigenvalue weighted by molar-refractivity contribution is 6.11. The molecular formula is C21H18O9. The average molecular weight is 414 g/mol. The second-order valence-electron chi connectivity index (χ2n) is 5.88. The topological polar surface area (TPSA) is 165 Å². The quantitative estimate of drug-likeness (QED) is 0.215. The average Bonchev–Trinajstić information content (AvgIpc) is 2.75. The van der Waals surface area contributed by atoms with E-state index >= 15 is 0 Å². The van der Waals surface area contributed by atoms with Gasteiger partial charge in [-0.05, 0) is 24.3 Å². The first-order valence-electron chi connectivity index (χ1n) is 8.34. The van der Waals surface area contributed by atoms with Crippen LogP contribution < -0.4 is 0 Å². The van der Waals surface area contributed by atoms with E-state index in [4.69, 9.17) is 20.4 Å². The number of carbonyl (C=O) groups is 2. The number of ether oxygens (including phenoxy) is 1. The number of phenolic OH excluding ortho intramolecular Hbond substituents is 6. The van der Waals surface area contributed by atoms with Crippen molar-refractivity contribution >= 4 is 11.8 Å². The molecule has 0 aliphatic carbocycles. The monoisotopic (exact) mass is 414 g/mol. The van der Waals surface area contributed by atoms with Gasteiger partial charge in [0, 0.05) is 5.56 Å². The minimum Gasteiger partial charge on any atom is -0.504 e. The molecule has 0 bridgehead atoms. The molecule has 0 aliphatic heterocycles. The van der Waals surface area contributed by atoms with E-state index in [0.717, 1.165) is 18.2 Å². The predicted molar refractivity (Wildman–Crippen MR) is 104 cm³/mol. The van der Waals surface area contributed by atoms with Gasteiger partial charge in [-0.1, -0.05) is 30.3 Å². The van der Waals surface area contributed by atoms with Crippen molar-refractivity contribution in [3.8, 4) is 34.5 Å². The Labute approximate surface area is 170 Å². The fraction of sp³-hybridized carbons (Fsp3) is 0.0476. The summed E-state index contributed by atoms with van der Waals surface area (Å²) in [5.41, 5.74) is 0.315. The van der Waals surface area contributed by atoms with E-state index in [1.54, 1.807) is 30.3 Å². The van der Waals surface area contributed by atoms with Crippen molar-refractivity contribution < 1.29 is 45.0 Å². The fourth-order valence-corrected chi connectivity index (χ4v) is 2.34. The second kappa shape index (κ2) is 9.20. The van der Waals surface area contributed by atoms with Crippen molar-refractivity contribution in [2.45, 2.75) is 0 Å². The normalized spacial score (nSPS) is 9.90. The Balaban J connectivity index is 0.000000222. The molecule has 0 saturated carbocycles. The summed E-state index contributed by atoms with van der Waals surface area (Å²) in [6, 6.07) is 12.8. The highest BCUT2D eigenvalue weighted by atomic mass is 16.5. The molecule has 0 aliphatic rings. The van der Waals surface area contributed by atoms with E-state index in [1.165, 1.54) is 13.2 Å². The lowest BCUT2D eigenvalue weighted by atomic mass is 10.0. The van der Waals surface area contributed by atoms with Crippen LogP contribution in [0.2, 0.25) is 0 Å². The smallest absolute Gasteiger partial charge is 0.338 e. The lowest BCUT2D eigenvalue weighted by Crippen LogP contribution is -2.01. The lowest BCUT2D eigenvalue weighted by molar-refractivity contribution is 0.0599. The van der Waals surface area contributed by atoms with Crippen molar-refractivity contribution in [3.63, 3.8) is 0 Å². The number of aromatic hydroxyl groups is 6. The molecule has 0 unspecified atom stereocenters. The number of esters is 1. The van der Waals surface area contributed by atoms with Crippen LogP contribution in [0.5, 0.6) is 34.5 Å². The van der Waals surface area contributed by atoms with Gasteiger partial charge < -0.3 is 35.4 Å². The molecule has 0 atom stereocenters. The van der Waals surface area contributed by atoms with Crippen LogP contribution in [0.1, 0.15) is 26.3 Å². The third-order valence-electron chi connectivity index (χ3n) is 3.90. The molecule has 3 aromatic carbocycles. The standard InChI is InChI=1S/C13H10O4.C8H8O5/c14-10-7-6-9(12(16)13(10)17)11(15)8-4-2-1-3-5-8;1-13-8(12)4-2-5(9)7(11)6(10)3-4/h1-7,14,16-17H;2-3,9-11H,1H3. The van der Waals surface area contributed by atoms with Crippen molar-refractivity contribution in [1.82, 2.24) is 0 Å². The summed E-state index contributed by atoms with van der Waals surface area (Å²) >= 11 is 0.